The van der Waals surface area contributed by atoms with Crippen LogP contribution in [-0.4, -0.2) is 76.3 Å². The Bertz CT molecular complexity index is 144. The van der Waals surface area contributed by atoms with Crippen molar-refractivity contribution < 1.29 is 0 Å². The van der Waals surface area contributed by atoms with E-state index in [1.807, 2.05) is 0 Å². The first-order valence-corrected chi connectivity index (χ1v) is 6.07. The quantitative estimate of drug-likeness (QED) is 0.556. The van der Waals surface area contributed by atoms with E-state index >= 15 is 0 Å². The maximum Gasteiger partial charge on any atom is 0.0107 e. The van der Waals surface area contributed by atoms with Crippen molar-refractivity contribution in [1.29, 1.82) is 0 Å². The predicted molar refractivity (Wildman–Crippen MR) is 65.4 cm³/mol. The van der Waals surface area contributed by atoms with E-state index in [1.165, 1.54) is 26.1 Å². The number of hydrogen-bond acceptors (Lipinski definition) is 4. The van der Waals surface area contributed by atoms with Gasteiger partial charge in [0.05, 0.1) is 0 Å². The Labute approximate surface area is 94.0 Å². The highest BCUT2D eigenvalue weighted by Gasteiger charge is 2.07. The fourth-order valence-corrected chi connectivity index (χ4v) is 1.79. The monoisotopic (exact) mass is 214 g/mol. The fraction of sp³-hybridized carbons (Fsp3) is 1.00. The van der Waals surface area contributed by atoms with Crippen LogP contribution in [0.25, 0.3) is 0 Å². The first kappa shape index (κ1) is 12.9. The van der Waals surface area contributed by atoms with Crippen molar-refractivity contribution in [3.05, 3.63) is 0 Å². The molecule has 0 aliphatic carbocycles. The number of nitrogens with zero attached hydrogens (tertiary/aromatic N) is 2. The molecule has 0 amide bonds. The van der Waals surface area contributed by atoms with Crippen LogP contribution < -0.4 is 10.6 Å². The van der Waals surface area contributed by atoms with Crippen LogP contribution in [0.1, 0.15) is 6.42 Å². The lowest BCUT2D eigenvalue weighted by molar-refractivity contribution is 0.237. The number of rotatable bonds is 7. The molecule has 1 heterocycles. The summed E-state index contributed by atoms with van der Waals surface area (Å²) < 4.78 is 0. The largest absolute Gasteiger partial charge is 0.315 e. The normalized spacial score (nSPS) is 18.6. The molecule has 90 valence electrons. The van der Waals surface area contributed by atoms with Crippen molar-refractivity contribution in [2.24, 2.45) is 0 Å². The van der Waals surface area contributed by atoms with E-state index in [0.717, 1.165) is 32.7 Å². The van der Waals surface area contributed by atoms with Gasteiger partial charge in [-0.3, -0.25) is 0 Å². The summed E-state index contributed by atoms with van der Waals surface area (Å²) in [6.45, 7) is 9.40. The summed E-state index contributed by atoms with van der Waals surface area (Å²) in [5.74, 6) is 0. The molecule has 4 heteroatoms. The van der Waals surface area contributed by atoms with Gasteiger partial charge in [0.2, 0.25) is 0 Å². The average Bonchev–Trinajstić information content (AvgIpc) is 2.24. The molecule has 0 radical (unpaired) electrons. The minimum Gasteiger partial charge on any atom is -0.315 e. The molecule has 1 rings (SSSR count). The lowest BCUT2D eigenvalue weighted by Gasteiger charge is -2.27. The number of likely N-dealkylation sites (N-methyl/N-ethyl adjacent to an activating group) is 1. The van der Waals surface area contributed by atoms with Crippen molar-refractivity contribution in [3.63, 3.8) is 0 Å². The fourth-order valence-electron chi connectivity index (χ4n) is 1.79. The lowest BCUT2D eigenvalue weighted by atomic mass is 10.3. The highest BCUT2D eigenvalue weighted by Crippen LogP contribution is 1.93. The van der Waals surface area contributed by atoms with Gasteiger partial charge in [0.15, 0.2) is 0 Å². The lowest BCUT2D eigenvalue weighted by Crippen LogP contribution is -2.44. The number of nitrogens with one attached hydrogen (secondary N) is 2. The average molecular weight is 214 g/mol. The van der Waals surface area contributed by atoms with Crippen LogP contribution in [0.3, 0.4) is 0 Å². The summed E-state index contributed by atoms with van der Waals surface area (Å²) in [6.07, 6.45) is 1.27. The zero-order chi connectivity index (χ0) is 10.9. The molecule has 0 unspecified atom stereocenters. The van der Waals surface area contributed by atoms with Crippen LogP contribution in [0.2, 0.25) is 0 Å². The molecule has 4 nitrogen and oxygen atoms in total. The summed E-state index contributed by atoms with van der Waals surface area (Å²) in [5, 5.41) is 6.85. The standard InChI is InChI=1S/C11H26N4/c1-14(2)9-5-12-4-3-8-15-10-6-13-7-11-15/h12-13H,3-11H2,1-2H3. The van der Waals surface area contributed by atoms with E-state index in [1.54, 1.807) is 0 Å². The molecule has 1 fully saturated rings. The summed E-state index contributed by atoms with van der Waals surface area (Å²) in [6, 6.07) is 0. The minimum absolute atomic E-state index is 1.11. The Balaban J connectivity index is 1.83. The van der Waals surface area contributed by atoms with Crippen molar-refractivity contribution >= 4 is 0 Å². The van der Waals surface area contributed by atoms with Gasteiger partial charge in [0.25, 0.3) is 0 Å². The zero-order valence-corrected chi connectivity index (χ0v) is 10.3. The van der Waals surface area contributed by atoms with Gasteiger partial charge < -0.3 is 20.4 Å². The van der Waals surface area contributed by atoms with E-state index in [-0.39, 0.29) is 0 Å². The Morgan fingerprint density at radius 1 is 1.20 bits per heavy atom. The van der Waals surface area contributed by atoms with Crippen molar-refractivity contribution in [3.8, 4) is 0 Å². The van der Waals surface area contributed by atoms with Gasteiger partial charge in [-0.05, 0) is 33.6 Å². The minimum atomic E-state index is 1.11. The molecule has 0 bridgehead atoms. The molecule has 0 aromatic rings. The van der Waals surface area contributed by atoms with Gasteiger partial charge in [-0.25, -0.2) is 0 Å². The molecule has 0 aromatic heterocycles. The van der Waals surface area contributed by atoms with E-state index in [9.17, 15) is 0 Å². The molecule has 1 saturated heterocycles. The Morgan fingerprint density at radius 3 is 2.60 bits per heavy atom. The molecule has 0 saturated carbocycles. The molecule has 0 aromatic carbocycles. The van der Waals surface area contributed by atoms with Crippen LogP contribution in [0.15, 0.2) is 0 Å². The summed E-state index contributed by atoms with van der Waals surface area (Å²) >= 11 is 0. The molecular weight excluding hydrogens is 188 g/mol. The van der Waals surface area contributed by atoms with Gasteiger partial charge in [-0.1, -0.05) is 0 Å². The second kappa shape index (κ2) is 8.05. The Morgan fingerprint density at radius 2 is 1.93 bits per heavy atom. The number of hydrogen-bond donors (Lipinski definition) is 2. The predicted octanol–water partition coefficient (Wildman–Crippen LogP) is -0.567. The highest BCUT2D eigenvalue weighted by molar-refractivity contribution is 4.67. The second-order valence-corrected chi connectivity index (χ2v) is 4.50. The molecule has 15 heavy (non-hydrogen) atoms. The molecule has 2 N–H and O–H groups in total. The third-order valence-electron chi connectivity index (χ3n) is 2.77. The van der Waals surface area contributed by atoms with Crippen molar-refractivity contribution in [2.75, 3.05) is 66.5 Å². The maximum atomic E-state index is 3.47. The first-order chi connectivity index (χ1) is 7.29. The summed E-state index contributed by atoms with van der Waals surface area (Å²) in [7, 11) is 4.23. The molecular formula is C11H26N4. The zero-order valence-electron chi connectivity index (χ0n) is 10.3. The third kappa shape index (κ3) is 6.84. The molecule has 0 spiro atoms. The summed E-state index contributed by atoms with van der Waals surface area (Å²) in [4.78, 5) is 4.76. The Kier molecular flexibility index (Phi) is 6.92. The van der Waals surface area contributed by atoms with Gasteiger partial charge in [0.1, 0.15) is 0 Å². The van der Waals surface area contributed by atoms with Crippen LogP contribution in [0, 0.1) is 0 Å². The van der Waals surface area contributed by atoms with Crippen LogP contribution >= 0.6 is 0 Å². The van der Waals surface area contributed by atoms with Crippen LogP contribution in [0.4, 0.5) is 0 Å². The Hall–Kier alpha value is -0.160. The van der Waals surface area contributed by atoms with Crippen LogP contribution in [0.5, 0.6) is 0 Å². The number of piperazine rings is 1. The van der Waals surface area contributed by atoms with Crippen molar-refractivity contribution in [1.82, 2.24) is 20.4 Å². The third-order valence-corrected chi connectivity index (χ3v) is 2.77. The van der Waals surface area contributed by atoms with Gasteiger partial charge in [-0.15, -0.1) is 0 Å². The molecule has 0 atom stereocenters. The van der Waals surface area contributed by atoms with E-state index < -0.39 is 0 Å². The van der Waals surface area contributed by atoms with Gasteiger partial charge in [0, 0.05) is 39.3 Å². The van der Waals surface area contributed by atoms with Crippen LogP contribution in [-0.2, 0) is 0 Å². The first-order valence-electron chi connectivity index (χ1n) is 6.07. The maximum absolute atomic E-state index is 3.47. The summed E-state index contributed by atoms with van der Waals surface area (Å²) in [5.41, 5.74) is 0. The smallest absolute Gasteiger partial charge is 0.0107 e. The topological polar surface area (TPSA) is 30.5 Å². The van der Waals surface area contributed by atoms with E-state index in [0.29, 0.717) is 0 Å². The van der Waals surface area contributed by atoms with Gasteiger partial charge in [-0.2, -0.15) is 0 Å². The SMILES string of the molecule is CN(C)CCNCCCN1CCNCC1. The van der Waals surface area contributed by atoms with E-state index in [2.05, 4.69) is 34.5 Å². The van der Waals surface area contributed by atoms with E-state index in [4.69, 9.17) is 0 Å². The molecule has 1 aliphatic rings. The second-order valence-electron chi connectivity index (χ2n) is 4.50. The van der Waals surface area contributed by atoms with Crippen molar-refractivity contribution in [2.45, 2.75) is 6.42 Å². The molecule has 1 aliphatic heterocycles. The van der Waals surface area contributed by atoms with Gasteiger partial charge >= 0.3 is 0 Å². The highest BCUT2D eigenvalue weighted by atomic mass is 15.2.